The van der Waals surface area contributed by atoms with Crippen molar-refractivity contribution < 1.29 is 43.2 Å². The molecule has 8 atom stereocenters. The Labute approximate surface area is 312 Å². The number of likely N-dealkylation sites (tertiary alicyclic amines) is 1. The standard InChI is InChI=1S/C41H53N3O9/c1-7-9-15-33(46)42-31(25-50-5)36(27-13-11-10-12-14-27)52-40(49)34-32-20-21-41(53-32)35(34)38(47)44(29(24-45)23-26(3)4)37(41)39(48)43(22-8-2)28-16-18-30(51-6)19-17-28/h7-8,10-14,16-19,26,29,31-32,34-37,45H,1-2,9,15,20-25H2,3-6H3,(H,42,46)/t29-,31-,32+,34-,35-,36-,37+,41-/m1/s1. The lowest BCUT2D eigenvalue weighted by molar-refractivity contribution is -0.163. The first kappa shape index (κ1) is 39.7. The van der Waals surface area contributed by atoms with Gasteiger partial charge in [0.2, 0.25) is 11.8 Å². The summed E-state index contributed by atoms with van der Waals surface area (Å²) in [5.74, 6) is -3.11. The number of ether oxygens (including phenoxy) is 4. The minimum Gasteiger partial charge on any atom is -0.497 e. The number of nitrogens with zero attached hydrogens (tertiary/aromatic N) is 2. The average molecular weight is 732 g/mol. The zero-order valence-electron chi connectivity index (χ0n) is 31.1. The van der Waals surface area contributed by atoms with E-state index in [1.54, 1.807) is 60.6 Å². The number of nitrogens with one attached hydrogen (secondary N) is 1. The molecule has 53 heavy (non-hydrogen) atoms. The van der Waals surface area contributed by atoms with E-state index in [4.69, 9.17) is 18.9 Å². The van der Waals surface area contributed by atoms with E-state index >= 15 is 0 Å². The summed E-state index contributed by atoms with van der Waals surface area (Å²) in [5.41, 5.74) is -0.137. The molecule has 3 fully saturated rings. The smallest absolute Gasteiger partial charge is 0.313 e. The fraction of sp³-hybridized carbons (Fsp3) is 0.512. The van der Waals surface area contributed by atoms with Crippen LogP contribution < -0.4 is 15.0 Å². The van der Waals surface area contributed by atoms with Crippen LogP contribution in [0.25, 0.3) is 0 Å². The minimum atomic E-state index is -1.34. The molecule has 0 aromatic heterocycles. The fourth-order valence-electron chi connectivity index (χ4n) is 8.34. The molecule has 2 aromatic rings. The summed E-state index contributed by atoms with van der Waals surface area (Å²) in [6.07, 6.45) is 3.51. The summed E-state index contributed by atoms with van der Waals surface area (Å²) in [5, 5.41) is 13.7. The van der Waals surface area contributed by atoms with Crippen LogP contribution in [0, 0.1) is 17.8 Å². The van der Waals surface area contributed by atoms with E-state index in [0.29, 0.717) is 42.7 Å². The number of aliphatic hydroxyl groups is 1. The summed E-state index contributed by atoms with van der Waals surface area (Å²) in [6, 6.07) is 13.5. The van der Waals surface area contributed by atoms with Crippen LogP contribution in [0.4, 0.5) is 5.69 Å². The maximum atomic E-state index is 15.0. The second-order valence-electron chi connectivity index (χ2n) is 14.4. The third kappa shape index (κ3) is 8.05. The van der Waals surface area contributed by atoms with Gasteiger partial charge in [0.15, 0.2) is 0 Å². The van der Waals surface area contributed by atoms with Gasteiger partial charge in [0, 0.05) is 25.8 Å². The molecule has 3 aliphatic heterocycles. The van der Waals surface area contributed by atoms with Crippen molar-refractivity contribution in [3.8, 4) is 5.75 Å². The number of amides is 3. The van der Waals surface area contributed by atoms with Crippen LogP contribution in [0.5, 0.6) is 5.75 Å². The van der Waals surface area contributed by atoms with Crippen molar-refractivity contribution in [1.82, 2.24) is 10.2 Å². The molecule has 1 spiro atoms. The first-order valence-electron chi connectivity index (χ1n) is 18.4. The minimum absolute atomic E-state index is 0.0474. The number of aliphatic hydroxyl groups excluding tert-OH is 1. The number of carbonyl (C=O) groups excluding carboxylic acids is 4. The first-order valence-corrected chi connectivity index (χ1v) is 18.4. The van der Waals surface area contributed by atoms with E-state index in [9.17, 15) is 24.3 Å². The predicted octanol–water partition coefficient (Wildman–Crippen LogP) is 4.38. The number of allylic oxidation sites excluding steroid dienone is 1. The molecule has 286 valence electrons. The van der Waals surface area contributed by atoms with Gasteiger partial charge in [-0.1, -0.05) is 56.3 Å². The van der Waals surface area contributed by atoms with Crippen LogP contribution in [-0.4, -0.2) is 97.5 Å². The Morgan fingerprint density at radius 2 is 1.81 bits per heavy atom. The second kappa shape index (κ2) is 17.5. The Bertz CT molecular complexity index is 1620. The Morgan fingerprint density at radius 1 is 1.09 bits per heavy atom. The highest BCUT2D eigenvalue weighted by Crippen LogP contribution is 2.59. The normalized spacial score (nSPS) is 24.6. The number of carbonyl (C=O) groups is 4. The molecular formula is C41H53N3O9. The quantitative estimate of drug-likeness (QED) is 0.159. The average Bonchev–Trinajstić information content (AvgIpc) is 3.81. The van der Waals surface area contributed by atoms with Crippen LogP contribution in [0.3, 0.4) is 0 Å². The summed E-state index contributed by atoms with van der Waals surface area (Å²) in [6.45, 7) is 11.4. The van der Waals surface area contributed by atoms with Crippen molar-refractivity contribution in [2.45, 2.75) is 81.9 Å². The zero-order valence-corrected chi connectivity index (χ0v) is 31.1. The van der Waals surface area contributed by atoms with Gasteiger partial charge in [-0.15, -0.1) is 13.2 Å². The summed E-state index contributed by atoms with van der Waals surface area (Å²) < 4.78 is 23.9. The monoisotopic (exact) mass is 731 g/mol. The molecule has 5 rings (SSSR count). The lowest BCUT2D eigenvalue weighted by atomic mass is 9.70. The number of methoxy groups -OCH3 is 2. The molecule has 2 N–H and O–H groups in total. The Hall–Kier alpha value is -4.52. The molecule has 3 aliphatic rings. The van der Waals surface area contributed by atoms with E-state index in [0.717, 1.165) is 0 Å². The maximum Gasteiger partial charge on any atom is 0.313 e. The number of esters is 1. The molecule has 2 bridgehead atoms. The SMILES string of the molecule is C=CCCC(=O)N[C@H](COC)[C@H](OC(=O)[C@@H]1[C@@H]2CC[C@]3(O2)[C@H](C(=O)N(CC=C)c2ccc(OC)cc2)N([C@@H](CO)CC(C)C)C(=O)[C@@H]13)c1ccccc1. The lowest BCUT2D eigenvalue weighted by Crippen LogP contribution is -2.59. The number of hydrogen-bond acceptors (Lipinski definition) is 9. The van der Waals surface area contributed by atoms with Gasteiger partial charge >= 0.3 is 5.97 Å². The maximum absolute atomic E-state index is 15.0. The van der Waals surface area contributed by atoms with Gasteiger partial charge in [-0.25, -0.2) is 0 Å². The second-order valence-corrected chi connectivity index (χ2v) is 14.4. The molecule has 0 aliphatic carbocycles. The van der Waals surface area contributed by atoms with Crippen molar-refractivity contribution in [3.63, 3.8) is 0 Å². The fourth-order valence-corrected chi connectivity index (χ4v) is 8.34. The third-order valence-corrected chi connectivity index (χ3v) is 10.6. The number of anilines is 1. The summed E-state index contributed by atoms with van der Waals surface area (Å²) >= 11 is 0. The molecule has 2 aromatic carbocycles. The van der Waals surface area contributed by atoms with Crippen molar-refractivity contribution in [1.29, 1.82) is 0 Å². The van der Waals surface area contributed by atoms with Crippen molar-refractivity contribution in [2.75, 3.05) is 38.9 Å². The molecule has 0 radical (unpaired) electrons. The van der Waals surface area contributed by atoms with Gasteiger partial charge in [-0.2, -0.15) is 0 Å². The van der Waals surface area contributed by atoms with Crippen LogP contribution in [0.2, 0.25) is 0 Å². The van der Waals surface area contributed by atoms with E-state index in [1.165, 1.54) is 12.0 Å². The van der Waals surface area contributed by atoms with E-state index < -0.39 is 65.6 Å². The van der Waals surface area contributed by atoms with Gasteiger partial charge in [0.1, 0.15) is 23.5 Å². The van der Waals surface area contributed by atoms with Crippen molar-refractivity contribution in [3.05, 3.63) is 85.5 Å². The molecule has 3 heterocycles. The van der Waals surface area contributed by atoms with Gasteiger partial charge in [0.25, 0.3) is 5.91 Å². The zero-order chi connectivity index (χ0) is 38.3. The predicted molar refractivity (Wildman–Crippen MR) is 199 cm³/mol. The van der Waals surface area contributed by atoms with E-state index in [2.05, 4.69) is 18.5 Å². The van der Waals surface area contributed by atoms with Crippen LogP contribution in [0.15, 0.2) is 79.9 Å². The third-order valence-electron chi connectivity index (χ3n) is 10.6. The lowest BCUT2D eigenvalue weighted by Gasteiger charge is -2.39. The largest absolute Gasteiger partial charge is 0.497 e. The van der Waals surface area contributed by atoms with Crippen LogP contribution in [0.1, 0.15) is 57.6 Å². The molecule has 0 saturated carbocycles. The van der Waals surface area contributed by atoms with E-state index in [1.807, 2.05) is 32.0 Å². The van der Waals surface area contributed by atoms with Gasteiger partial charge in [-0.3, -0.25) is 19.2 Å². The first-order chi connectivity index (χ1) is 25.5. The molecular weight excluding hydrogens is 678 g/mol. The van der Waals surface area contributed by atoms with E-state index in [-0.39, 0.29) is 38.0 Å². The topological polar surface area (TPSA) is 144 Å². The number of benzene rings is 2. The molecule has 3 amide bonds. The molecule has 0 unspecified atom stereocenters. The summed E-state index contributed by atoms with van der Waals surface area (Å²) in [4.78, 5) is 60.3. The number of hydrogen-bond donors (Lipinski definition) is 2. The summed E-state index contributed by atoms with van der Waals surface area (Å²) in [7, 11) is 3.06. The van der Waals surface area contributed by atoms with Crippen LogP contribution >= 0.6 is 0 Å². The Balaban J connectivity index is 1.54. The highest BCUT2D eigenvalue weighted by atomic mass is 16.6. The highest BCUT2D eigenvalue weighted by molar-refractivity contribution is 6.05. The highest BCUT2D eigenvalue weighted by Gasteiger charge is 2.75. The Morgan fingerprint density at radius 3 is 2.42 bits per heavy atom. The number of fused-ring (bicyclic) bond motifs is 1. The molecule has 12 nitrogen and oxygen atoms in total. The van der Waals surface area contributed by atoms with Crippen molar-refractivity contribution >= 4 is 29.4 Å². The van der Waals surface area contributed by atoms with Crippen LogP contribution in [-0.2, 0) is 33.4 Å². The van der Waals surface area contributed by atoms with Gasteiger partial charge < -0.3 is 39.2 Å². The van der Waals surface area contributed by atoms with Gasteiger partial charge in [0.05, 0.1) is 50.3 Å². The van der Waals surface area contributed by atoms with Crippen molar-refractivity contribution in [2.24, 2.45) is 17.8 Å². The van der Waals surface area contributed by atoms with Gasteiger partial charge in [-0.05, 0) is 61.4 Å². The molecule has 12 heteroatoms. The number of rotatable bonds is 19. The Kier molecular flexibility index (Phi) is 13.1. The molecule has 3 saturated heterocycles.